The van der Waals surface area contributed by atoms with Crippen molar-refractivity contribution in [1.29, 1.82) is 0 Å². The lowest BCUT2D eigenvalue weighted by Crippen LogP contribution is -2.31. The van der Waals surface area contributed by atoms with Gasteiger partial charge in [-0.3, -0.25) is 4.90 Å². The summed E-state index contributed by atoms with van der Waals surface area (Å²) in [7, 11) is 0. The van der Waals surface area contributed by atoms with Crippen molar-refractivity contribution in [2.24, 2.45) is 0 Å². The molecule has 0 saturated heterocycles. The van der Waals surface area contributed by atoms with Crippen LogP contribution in [-0.4, -0.2) is 41.1 Å². The van der Waals surface area contributed by atoms with Gasteiger partial charge in [-0.1, -0.05) is 11.5 Å². The molecule has 8 heteroatoms. The molecule has 1 aromatic carbocycles. The zero-order chi connectivity index (χ0) is 19.3. The predicted molar refractivity (Wildman–Crippen MR) is 103 cm³/mol. The lowest BCUT2D eigenvalue weighted by atomic mass is 9.99. The van der Waals surface area contributed by atoms with Crippen LogP contribution in [0.5, 0.6) is 5.88 Å². The molecule has 0 radical (unpaired) electrons. The van der Waals surface area contributed by atoms with E-state index in [1.54, 1.807) is 12.1 Å². The van der Waals surface area contributed by atoms with E-state index in [4.69, 9.17) is 4.74 Å². The summed E-state index contributed by atoms with van der Waals surface area (Å²) in [5, 5.41) is 0. The average Bonchev–Trinajstić information content (AvgIpc) is 2.87. The number of fused-ring (bicyclic) bond motifs is 2. The fourth-order valence-electron chi connectivity index (χ4n) is 3.66. The van der Waals surface area contributed by atoms with E-state index in [0.717, 1.165) is 56.4 Å². The van der Waals surface area contributed by atoms with Gasteiger partial charge in [-0.15, -0.1) is 5.43 Å². The number of halogens is 1. The summed E-state index contributed by atoms with van der Waals surface area (Å²) >= 11 is 0. The summed E-state index contributed by atoms with van der Waals surface area (Å²) in [5.41, 5.74) is 8.69. The highest BCUT2D eigenvalue weighted by atomic mass is 19.1. The Balaban J connectivity index is 1.20. The van der Waals surface area contributed by atoms with Crippen LogP contribution < -0.4 is 15.6 Å². The molecule has 148 valence electrons. The summed E-state index contributed by atoms with van der Waals surface area (Å²) < 4.78 is 19.0. The number of hydrogen-bond donors (Lipinski definition) is 2. The second-order valence-electron chi connectivity index (χ2n) is 7.22. The standard InChI is InChI=1S/C20H25FN5O2/c21-18-5-3-17-14-25(11-8-16(17)13-18)10-1-2-12-28-19-6-4-15-7-9-22-26(27)24-20(15)23-19/h3-6,13H,1-2,7-12,14H2,(H2,22,23,24,27)/q+1. The van der Waals surface area contributed by atoms with Gasteiger partial charge in [-0.25, -0.2) is 4.39 Å². The Morgan fingerprint density at radius 1 is 1.14 bits per heavy atom. The highest BCUT2D eigenvalue weighted by molar-refractivity contribution is 5.45. The Kier molecular flexibility index (Phi) is 5.66. The van der Waals surface area contributed by atoms with E-state index in [1.165, 1.54) is 5.56 Å². The molecule has 0 unspecified atom stereocenters. The number of anilines is 1. The monoisotopic (exact) mass is 386 g/mol. The number of pyridine rings is 1. The Hall–Kier alpha value is -2.74. The highest BCUT2D eigenvalue weighted by Gasteiger charge is 2.19. The van der Waals surface area contributed by atoms with E-state index in [-0.39, 0.29) is 5.82 Å². The average molecular weight is 386 g/mol. The molecule has 4 rings (SSSR count). The summed E-state index contributed by atoms with van der Waals surface area (Å²) in [6.45, 7) is 4.00. The van der Waals surface area contributed by atoms with E-state index in [2.05, 4.69) is 20.7 Å². The number of ether oxygens (including phenoxy) is 1. The molecule has 0 bridgehead atoms. The molecule has 0 fully saturated rings. The van der Waals surface area contributed by atoms with Crippen molar-refractivity contribution >= 4 is 5.82 Å². The maximum Gasteiger partial charge on any atom is 0.252 e. The van der Waals surface area contributed by atoms with Gasteiger partial charge in [-0.2, -0.15) is 4.98 Å². The Morgan fingerprint density at radius 3 is 2.96 bits per heavy atom. The van der Waals surface area contributed by atoms with Gasteiger partial charge in [0.25, 0.3) is 4.98 Å². The maximum absolute atomic E-state index is 13.3. The Bertz CT molecular complexity index is 860. The number of aromatic nitrogens is 1. The van der Waals surface area contributed by atoms with Gasteiger partial charge in [-0.05, 0) is 61.6 Å². The second kappa shape index (κ2) is 8.52. The van der Waals surface area contributed by atoms with E-state index in [1.807, 2.05) is 18.2 Å². The van der Waals surface area contributed by atoms with Crippen LogP contribution in [0.25, 0.3) is 0 Å². The number of hydrogen-bond acceptors (Lipinski definition) is 4. The van der Waals surface area contributed by atoms with Gasteiger partial charge >= 0.3 is 0 Å². The molecule has 2 aromatic rings. The zero-order valence-corrected chi connectivity index (χ0v) is 15.8. The first-order chi connectivity index (χ1) is 13.7. The molecular formula is C20H25FN5O2+. The fraction of sp³-hybridized carbons (Fsp3) is 0.450. The van der Waals surface area contributed by atoms with Crippen LogP contribution in [0.1, 0.15) is 29.5 Å². The number of unbranched alkanes of at least 4 members (excludes halogenated alkanes) is 1. The van der Waals surface area contributed by atoms with Crippen molar-refractivity contribution in [3.8, 4) is 5.88 Å². The smallest absolute Gasteiger partial charge is 0.252 e. The van der Waals surface area contributed by atoms with Crippen molar-refractivity contribution < 1.29 is 14.1 Å². The lowest BCUT2D eigenvalue weighted by molar-refractivity contribution is -0.578. The zero-order valence-electron chi connectivity index (χ0n) is 15.8. The minimum Gasteiger partial charge on any atom is -0.478 e. The largest absolute Gasteiger partial charge is 0.478 e. The van der Waals surface area contributed by atoms with E-state index in [0.29, 0.717) is 29.8 Å². The van der Waals surface area contributed by atoms with Crippen LogP contribution in [0, 0.1) is 10.7 Å². The Labute approximate surface area is 163 Å². The molecule has 0 spiro atoms. The SMILES string of the molecule is O=[N+]1NCCc2ccc(OCCCCN3CCc4cc(F)ccc4C3)nc2N1. The van der Waals surface area contributed by atoms with Crippen LogP contribution in [0.15, 0.2) is 30.3 Å². The second-order valence-corrected chi connectivity index (χ2v) is 7.22. The van der Waals surface area contributed by atoms with Gasteiger partial charge in [0.1, 0.15) is 5.82 Å². The molecule has 28 heavy (non-hydrogen) atoms. The minimum absolute atomic E-state index is 0.148. The molecule has 0 aliphatic carbocycles. The Morgan fingerprint density at radius 2 is 2.04 bits per heavy atom. The van der Waals surface area contributed by atoms with Crippen LogP contribution in [0.2, 0.25) is 0 Å². The molecule has 7 nitrogen and oxygen atoms in total. The van der Waals surface area contributed by atoms with E-state index in [9.17, 15) is 9.30 Å². The molecule has 3 heterocycles. The molecular weight excluding hydrogens is 361 g/mol. The molecule has 2 aliphatic heterocycles. The van der Waals surface area contributed by atoms with Crippen molar-refractivity contribution in [3.05, 3.63) is 57.7 Å². The molecule has 2 aliphatic rings. The van der Waals surface area contributed by atoms with Gasteiger partial charge in [0.15, 0.2) is 5.82 Å². The van der Waals surface area contributed by atoms with Gasteiger partial charge < -0.3 is 4.74 Å². The summed E-state index contributed by atoms with van der Waals surface area (Å²) in [4.78, 5) is 18.9. The van der Waals surface area contributed by atoms with E-state index >= 15 is 0 Å². The van der Waals surface area contributed by atoms with Crippen molar-refractivity contribution in [2.75, 3.05) is 31.7 Å². The highest BCUT2D eigenvalue weighted by Crippen LogP contribution is 2.21. The van der Waals surface area contributed by atoms with Gasteiger partial charge in [0.05, 0.1) is 18.1 Å². The summed E-state index contributed by atoms with van der Waals surface area (Å²) in [6.07, 6.45) is 3.59. The normalized spacial score (nSPS) is 16.4. The van der Waals surface area contributed by atoms with Crippen LogP contribution in [-0.2, 0) is 19.4 Å². The molecule has 0 saturated carbocycles. The third kappa shape index (κ3) is 4.56. The minimum atomic E-state index is -0.148. The molecule has 2 N–H and O–H groups in total. The number of benzene rings is 1. The van der Waals surface area contributed by atoms with E-state index < -0.39 is 0 Å². The summed E-state index contributed by atoms with van der Waals surface area (Å²) in [6, 6.07) is 8.89. The van der Waals surface area contributed by atoms with Gasteiger partial charge in [0.2, 0.25) is 5.88 Å². The quantitative estimate of drug-likeness (QED) is 0.588. The first-order valence-electron chi connectivity index (χ1n) is 9.77. The summed E-state index contributed by atoms with van der Waals surface area (Å²) in [5.74, 6) is 0.918. The third-order valence-electron chi connectivity index (χ3n) is 5.19. The van der Waals surface area contributed by atoms with Crippen LogP contribution >= 0.6 is 0 Å². The topological polar surface area (TPSA) is 69.5 Å². The van der Waals surface area contributed by atoms with Crippen molar-refractivity contribution in [3.63, 3.8) is 0 Å². The number of nitrogens with zero attached hydrogens (tertiary/aromatic N) is 3. The van der Waals surface area contributed by atoms with Crippen LogP contribution in [0.3, 0.4) is 0 Å². The number of nitrogens with one attached hydrogen (secondary N) is 2. The number of hydrazine groups is 2. The first kappa shape index (κ1) is 18.6. The predicted octanol–water partition coefficient (Wildman–Crippen LogP) is 2.60. The molecule has 0 amide bonds. The number of nitroso groups, excluding NO2 is 1. The van der Waals surface area contributed by atoms with Gasteiger partial charge in [0, 0.05) is 24.7 Å². The van der Waals surface area contributed by atoms with Crippen molar-refractivity contribution in [1.82, 2.24) is 15.3 Å². The van der Waals surface area contributed by atoms with Crippen LogP contribution in [0.4, 0.5) is 10.2 Å². The number of rotatable bonds is 6. The molecule has 0 atom stereocenters. The fourth-order valence-corrected chi connectivity index (χ4v) is 3.66. The maximum atomic E-state index is 13.3. The third-order valence-corrected chi connectivity index (χ3v) is 5.19. The van der Waals surface area contributed by atoms with Crippen molar-refractivity contribution in [2.45, 2.75) is 32.2 Å². The first-order valence-corrected chi connectivity index (χ1v) is 9.77. The molecule has 1 aromatic heterocycles. The lowest BCUT2D eigenvalue weighted by Gasteiger charge is -2.28.